The zero-order chi connectivity index (χ0) is 18.0. The average molecular weight is 357 g/mol. The number of rotatable bonds is 4. The van der Waals surface area contributed by atoms with Gasteiger partial charge in [0.2, 0.25) is 11.8 Å². The minimum Gasteiger partial charge on any atom is -0.348 e. The number of nitrogens with zero attached hydrogens (tertiary/aromatic N) is 2. The fourth-order valence-electron chi connectivity index (χ4n) is 3.08. The first kappa shape index (κ1) is 17.6. The van der Waals surface area contributed by atoms with Gasteiger partial charge < -0.3 is 10.2 Å². The maximum absolute atomic E-state index is 12.5. The number of carbonyl (C=O) groups is 2. The molecule has 2 amide bonds. The fraction of sp³-hybridized carbons (Fsp3) is 0.421. The monoisotopic (exact) mass is 357 g/mol. The van der Waals surface area contributed by atoms with Crippen LogP contribution in [0.3, 0.4) is 0 Å². The number of benzene rings is 1. The Labute approximate surface area is 152 Å². The lowest BCUT2D eigenvalue weighted by Crippen LogP contribution is -2.42. The van der Waals surface area contributed by atoms with Crippen molar-refractivity contribution in [2.45, 2.75) is 32.7 Å². The lowest BCUT2D eigenvalue weighted by Gasteiger charge is -2.28. The number of piperidine rings is 1. The summed E-state index contributed by atoms with van der Waals surface area (Å²) >= 11 is 1.61. The van der Waals surface area contributed by atoms with Crippen LogP contribution in [0.5, 0.6) is 0 Å². The summed E-state index contributed by atoms with van der Waals surface area (Å²) in [6, 6.07) is 9.93. The Hall–Kier alpha value is -2.21. The van der Waals surface area contributed by atoms with Gasteiger partial charge in [0.05, 0.1) is 16.6 Å². The van der Waals surface area contributed by atoms with Gasteiger partial charge in [-0.2, -0.15) is 0 Å². The number of thiazole rings is 1. The van der Waals surface area contributed by atoms with E-state index in [9.17, 15) is 9.59 Å². The van der Waals surface area contributed by atoms with Gasteiger partial charge in [0.25, 0.3) is 0 Å². The molecule has 6 heteroatoms. The Morgan fingerprint density at radius 2 is 2.08 bits per heavy atom. The Morgan fingerprint density at radius 1 is 1.36 bits per heavy atom. The molecule has 1 aliphatic rings. The van der Waals surface area contributed by atoms with E-state index in [1.807, 2.05) is 44.2 Å². The van der Waals surface area contributed by atoms with Crippen molar-refractivity contribution < 1.29 is 9.59 Å². The highest BCUT2D eigenvalue weighted by atomic mass is 32.1. The Morgan fingerprint density at radius 3 is 2.76 bits per heavy atom. The molecule has 2 aromatic rings. The summed E-state index contributed by atoms with van der Waals surface area (Å²) in [4.78, 5) is 31.7. The molecule has 25 heavy (non-hydrogen) atoms. The van der Waals surface area contributed by atoms with Crippen LogP contribution in [0.15, 0.2) is 30.3 Å². The number of hydrogen-bond acceptors (Lipinski definition) is 4. The molecule has 132 valence electrons. The smallest absolute Gasteiger partial charge is 0.224 e. The first-order chi connectivity index (χ1) is 12.0. The Balaban J connectivity index is 1.69. The van der Waals surface area contributed by atoms with Gasteiger partial charge in [-0.3, -0.25) is 9.59 Å². The van der Waals surface area contributed by atoms with Crippen molar-refractivity contribution in [1.29, 1.82) is 0 Å². The Kier molecular flexibility index (Phi) is 5.18. The summed E-state index contributed by atoms with van der Waals surface area (Å²) in [6.45, 7) is 4.59. The summed E-state index contributed by atoms with van der Waals surface area (Å²) in [5.74, 6) is -0.227. The van der Waals surface area contributed by atoms with Crippen molar-refractivity contribution in [3.05, 3.63) is 40.9 Å². The average Bonchev–Trinajstić information content (AvgIpc) is 3.00. The SMILES string of the molecule is Cc1nc(-c2ccccc2)sc1C(C)NC(=O)C1CCN(C)C(=O)C1. The summed E-state index contributed by atoms with van der Waals surface area (Å²) in [5, 5.41) is 4.03. The molecular formula is C19H23N3O2S. The number of aryl methyl sites for hydroxylation is 1. The standard InChI is InChI=1S/C19H23N3O2S/c1-12(20-18(24)15-9-10-22(3)16(23)11-15)17-13(2)21-19(25-17)14-7-5-4-6-8-14/h4-8,12,15H,9-11H2,1-3H3,(H,20,24). The highest BCUT2D eigenvalue weighted by Gasteiger charge is 2.29. The molecule has 0 aliphatic carbocycles. The van der Waals surface area contributed by atoms with Crippen LogP contribution in [0.1, 0.15) is 36.4 Å². The first-order valence-electron chi connectivity index (χ1n) is 8.52. The van der Waals surface area contributed by atoms with Gasteiger partial charge >= 0.3 is 0 Å². The van der Waals surface area contributed by atoms with E-state index >= 15 is 0 Å². The molecule has 2 atom stereocenters. The van der Waals surface area contributed by atoms with E-state index in [-0.39, 0.29) is 23.8 Å². The van der Waals surface area contributed by atoms with Crippen molar-refractivity contribution in [3.8, 4) is 10.6 Å². The van der Waals surface area contributed by atoms with E-state index < -0.39 is 0 Å². The molecule has 0 spiro atoms. The van der Waals surface area contributed by atoms with Crippen molar-refractivity contribution in [2.24, 2.45) is 5.92 Å². The van der Waals surface area contributed by atoms with Gasteiger partial charge in [-0.15, -0.1) is 11.3 Å². The minimum atomic E-state index is -0.229. The third-order valence-electron chi connectivity index (χ3n) is 4.64. The topological polar surface area (TPSA) is 62.3 Å². The zero-order valence-corrected chi connectivity index (χ0v) is 15.6. The molecule has 1 aromatic heterocycles. The van der Waals surface area contributed by atoms with Crippen LogP contribution in [0.4, 0.5) is 0 Å². The molecule has 1 saturated heterocycles. The number of hydrogen-bond donors (Lipinski definition) is 1. The third-order valence-corrected chi connectivity index (χ3v) is 6.03. The predicted molar refractivity (Wildman–Crippen MR) is 99.2 cm³/mol. The highest BCUT2D eigenvalue weighted by molar-refractivity contribution is 7.15. The first-order valence-corrected chi connectivity index (χ1v) is 9.34. The maximum Gasteiger partial charge on any atom is 0.224 e. The van der Waals surface area contributed by atoms with Gasteiger partial charge in [-0.05, 0) is 20.3 Å². The highest BCUT2D eigenvalue weighted by Crippen LogP contribution is 2.32. The Bertz CT molecular complexity index is 772. The lowest BCUT2D eigenvalue weighted by atomic mass is 9.95. The molecule has 1 aliphatic heterocycles. The zero-order valence-electron chi connectivity index (χ0n) is 14.8. The van der Waals surface area contributed by atoms with Gasteiger partial charge in [-0.25, -0.2) is 4.98 Å². The van der Waals surface area contributed by atoms with Crippen LogP contribution in [0.2, 0.25) is 0 Å². The van der Waals surface area contributed by atoms with Crippen LogP contribution in [-0.2, 0) is 9.59 Å². The van der Waals surface area contributed by atoms with Crippen LogP contribution >= 0.6 is 11.3 Å². The van der Waals surface area contributed by atoms with Crippen molar-refractivity contribution in [2.75, 3.05) is 13.6 Å². The van der Waals surface area contributed by atoms with E-state index in [1.54, 1.807) is 23.3 Å². The number of likely N-dealkylation sites (tertiary alicyclic amines) is 1. The molecule has 2 unspecified atom stereocenters. The normalized spacial score (nSPS) is 18.9. The van der Waals surface area contributed by atoms with Gasteiger partial charge in [0, 0.05) is 31.5 Å². The summed E-state index contributed by atoms with van der Waals surface area (Å²) < 4.78 is 0. The molecule has 0 bridgehead atoms. The fourth-order valence-corrected chi connectivity index (χ4v) is 4.15. The van der Waals surface area contributed by atoms with Crippen LogP contribution in [0.25, 0.3) is 10.6 Å². The molecule has 0 radical (unpaired) electrons. The molecular weight excluding hydrogens is 334 g/mol. The summed E-state index contributed by atoms with van der Waals surface area (Å²) in [5.41, 5.74) is 2.03. The van der Waals surface area contributed by atoms with Gasteiger partial charge in [0.1, 0.15) is 5.01 Å². The maximum atomic E-state index is 12.5. The van der Waals surface area contributed by atoms with E-state index in [2.05, 4.69) is 10.3 Å². The van der Waals surface area contributed by atoms with Crippen molar-refractivity contribution >= 4 is 23.2 Å². The minimum absolute atomic E-state index is 0.0389. The number of nitrogens with one attached hydrogen (secondary N) is 1. The molecule has 1 N–H and O–H groups in total. The largest absolute Gasteiger partial charge is 0.348 e. The van der Waals surface area contributed by atoms with E-state index in [4.69, 9.17) is 0 Å². The van der Waals surface area contributed by atoms with Crippen LogP contribution < -0.4 is 5.32 Å². The van der Waals surface area contributed by atoms with Crippen LogP contribution in [-0.4, -0.2) is 35.3 Å². The third kappa shape index (κ3) is 3.90. The van der Waals surface area contributed by atoms with Gasteiger partial charge in [-0.1, -0.05) is 30.3 Å². The molecule has 0 saturated carbocycles. The van der Waals surface area contributed by atoms with Crippen molar-refractivity contribution in [1.82, 2.24) is 15.2 Å². The molecule has 2 heterocycles. The number of carbonyl (C=O) groups excluding carboxylic acids is 2. The summed E-state index contributed by atoms with van der Waals surface area (Å²) in [6.07, 6.45) is 1.02. The molecule has 1 fully saturated rings. The lowest BCUT2D eigenvalue weighted by molar-refractivity contribution is -0.139. The van der Waals surface area contributed by atoms with Gasteiger partial charge in [0.15, 0.2) is 0 Å². The quantitative estimate of drug-likeness (QED) is 0.914. The second kappa shape index (κ2) is 7.35. The second-order valence-electron chi connectivity index (χ2n) is 6.57. The number of aromatic nitrogens is 1. The number of amides is 2. The van der Waals surface area contributed by atoms with E-state index in [0.29, 0.717) is 13.0 Å². The van der Waals surface area contributed by atoms with E-state index in [0.717, 1.165) is 27.6 Å². The molecule has 3 rings (SSSR count). The molecule has 5 nitrogen and oxygen atoms in total. The van der Waals surface area contributed by atoms with E-state index in [1.165, 1.54) is 0 Å². The molecule has 1 aromatic carbocycles. The van der Waals surface area contributed by atoms with Crippen molar-refractivity contribution in [3.63, 3.8) is 0 Å². The second-order valence-corrected chi connectivity index (χ2v) is 7.60. The van der Waals surface area contributed by atoms with Crippen LogP contribution in [0, 0.1) is 12.8 Å². The summed E-state index contributed by atoms with van der Waals surface area (Å²) in [7, 11) is 1.78. The predicted octanol–water partition coefficient (Wildman–Crippen LogP) is 3.16.